The van der Waals surface area contributed by atoms with E-state index in [2.05, 4.69) is 15.4 Å². The summed E-state index contributed by atoms with van der Waals surface area (Å²) in [5.74, 6) is -0.549. The number of benzene rings is 1. The van der Waals surface area contributed by atoms with E-state index in [1.165, 1.54) is 35.0 Å². The zero-order chi connectivity index (χ0) is 20.4. The van der Waals surface area contributed by atoms with E-state index in [9.17, 15) is 25.1 Å². The maximum atomic E-state index is 12.7. The molecule has 10 heteroatoms. The molecule has 0 saturated carbocycles. The molecule has 0 spiro atoms. The van der Waals surface area contributed by atoms with Gasteiger partial charge in [0.1, 0.15) is 11.7 Å². The molecular weight excluding hydrogens is 366 g/mol. The largest absolute Gasteiger partial charge is 0.394 e. The van der Waals surface area contributed by atoms with Gasteiger partial charge in [0, 0.05) is 23.5 Å². The first-order chi connectivity index (χ1) is 13.3. The molecule has 1 amide bonds. The van der Waals surface area contributed by atoms with Crippen LogP contribution in [0.3, 0.4) is 0 Å². The second-order valence-electron chi connectivity index (χ2n) is 6.39. The van der Waals surface area contributed by atoms with Gasteiger partial charge >= 0.3 is 0 Å². The number of rotatable bonds is 6. The number of amides is 1. The SMILES string of the molecule is Cc1cc(C)n2ncc(C(=O)NC(CO)C(O)c3ccc([N+](=O)[O-])cc3)c2n1. The third kappa shape index (κ3) is 3.68. The minimum absolute atomic E-state index is 0.122. The Balaban J connectivity index is 1.82. The minimum Gasteiger partial charge on any atom is -0.394 e. The summed E-state index contributed by atoms with van der Waals surface area (Å²) in [6, 6.07) is 6.05. The fraction of sp³-hybridized carbons (Fsp3) is 0.278. The number of hydrogen-bond acceptors (Lipinski definition) is 7. The Morgan fingerprint density at radius 2 is 2.00 bits per heavy atom. The lowest BCUT2D eigenvalue weighted by atomic mass is 10.0. The van der Waals surface area contributed by atoms with E-state index < -0.39 is 29.6 Å². The average molecular weight is 385 g/mol. The molecular formula is C18H19N5O5. The van der Waals surface area contributed by atoms with Gasteiger partial charge in [0.25, 0.3) is 11.6 Å². The molecule has 0 aliphatic carbocycles. The van der Waals surface area contributed by atoms with Crippen LogP contribution < -0.4 is 5.32 Å². The van der Waals surface area contributed by atoms with Crippen LogP contribution in [0.1, 0.15) is 33.4 Å². The van der Waals surface area contributed by atoms with E-state index in [1.807, 2.05) is 13.0 Å². The zero-order valence-electron chi connectivity index (χ0n) is 15.2. The van der Waals surface area contributed by atoms with E-state index in [0.29, 0.717) is 11.2 Å². The molecule has 0 bridgehead atoms. The maximum Gasteiger partial charge on any atom is 0.269 e. The van der Waals surface area contributed by atoms with Crippen molar-refractivity contribution >= 4 is 17.2 Å². The van der Waals surface area contributed by atoms with Crippen LogP contribution in [0.15, 0.2) is 36.5 Å². The van der Waals surface area contributed by atoms with Crippen LogP contribution in [-0.4, -0.2) is 48.3 Å². The number of non-ortho nitro benzene ring substituents is 1. The Morgan fingerprint density at radius 1 is 1.32 bits per heavy atom. The van der Waals surface area contributed by atoms with Crippen LogP contribution in [0, 0.1) is 24.0 Å². The van der Waals surface area contributed by atoms with Crippen LogP contribution in [0.4, 0.5) is 5.69 Å². The van der Waals surface area contributed by atoms with Gasteiger partial charge in [-0.1, -0.05) is 0 Å². The number of nitrogens with zero attached hydrogens (tertiary/aromatic N) is 4. The number of nitro groups is 1. The number of carbonyl (C=O) groups is 1. The van der Waals surface area contributed by atoms with E-state index >= 15 is 0 Å². The fourth-order valence-electron chi connectivity index (χ4n) is 2.93. The lowest BCUT2D eigenvalue weighted by Crippen LogP contribution is -2.42. The molecule has 146 valence electrons. The number of hydrogen-bond donors (Lipinski definition) is 3. The molecule has 2 unspecified atom stereocenters. The van der Waals surface area contributed by atoms with Crippen molar-refractivity contribution in [2.75, 3.05) is 6.61 Å². The van der Waals surface area contributed by atoms with Crippen molar-refractivity contribution < 1.29 is 19.9 Å². The van der Waals surface area contributed by atoms with Crippen molar-refractivity contribution in [1.82, 2.24) is 19.9 Å². The third-order valence-corrected chi connectivity index (χ3v) is 4.36. The molecule has 2 heterocycles. The second kappa shape index (κ2) is 7.71. The summed E-state index contributed by atoms with van der Waals surface area (Å²) in [7, 11) is 0. The number of aliphatic hydroxyl groups excluding tert-OH is 2. The second-order valence-corrected chi connectivity index (χ2v) is 6.39. The predicted molar refractivity (Wildman–Crippen MR) is 98.9 cm³/mol. The quantitative estimate of drug-likeness (QED) is 0.425. The summed E-state index contributed by atoms with van der Waals surface area (Å²) in [6.45, 7) is 3.11. The summed E-state index contributed by atoms with van der Waals surface area (Å²) < 4.78 is 1.53. The summed E-state index contributed by atoms with van der Waals surface area (Å²) in [5.41, 5.74) is 2.33. The van der Waals surface area contributed by atoms with Gasteiger partial charge < -0.3 is 15.5 Å². The molecule has 0 saturated heterocycles. The molecule has 10 nitrogen and oxygen atoms in total. The Hall–Kier alpha value is -3.37. The van der Waals surface area contributed by atoms with Gasteiger partial charge in [-0.15, -0.1) is 0 Å². The number of fused-ring (bicyclic) bond motifs is 1. The molecule has 3 N–H and O–H groups in total. The topological polar surface area (TPSA) is 143 Å². The van der Waals surface area contributed by atoms with Gasteiger partial charge in [-0.25, -0.2) is 9.50 Å². The van der Waals surface area contributed by atoms with Crippen molar-refractivity contribution in [3.05, 3.63) is 69.2 Å². The molecule has 3 aromatic rings. The molecule has 2 atom stereocenters. The predicted octanol–water partition coefficient (Wildman–Crippen LogP) is 1.08. The Bertz CT molecular complexity index is 1030. The standard InChI is InChI=1S/C18H19N5O5/c1-10-7-11(2)22-17(20-10)14(8-19-22)18(26)21-15(9-24)16(25)12-3-5-13(6-4-12)23(27)28/h3-8,15-16,24-25H,9H2,1-2H3,(H,21,26). The minimum atomic E-state index is -1.26. The number of aryl methyl sites for hydroxylation is 2. The highest BCUT2D eigenvalue weighted by Crippen LogP contribution is 2.21. The van der Waals surface area contributed by atoms with Gasteiger partial charge in [-0.05, 0) is 37.6 Å². The van der Waals surface area contributed by atoms with Crippen LogP contribution in [0.25, 0.3) is 5.65 Å². The zero-order valence-corrected chi connectivity index (χ0v) is 15.2. The first-order valence-electron chi connectivity index (χ1n) is 8.48. The monoisotopic (exact) mass is 385 g/mol. The summed E-state index contributed by atoms with van der Waals surface area (Å²) >= 11 is 0. The molecule has 1 aromatic carbocycles. The van der Waals surface area contributed by atoms with Crippen molar-refractivity contribution in [2.24, 2.45) is 0 Å². The van der Waals surface area contributed by atoms with Crippen LogP contribution in [0.5, 0.6) is 0 Å². The molecule has 2 aromatic heterocycles. The number of nitrogens with one attached hydrogen (secondary N) is 1. The van der Waals surface area contributed by atoms with E-state index in [0.717, 1.165) is 11.4 Å². The van der Waals surface area contributed by atoms with Gasteiger partial charge in [-0.2, -0.15) is 5.10 Å². The van der Waals surface area contributed by atoms with Crippen molar-refractivity contribution in [3.63, 3.8) is 0 Å². The van der Waals surface area contributed by atoms with Crippen molar-refractivity contribution in [3.8, 4) is 0 Å². The first kappa shape index (κ1) is 19.4. The van der Waals surface area contributed by atoms with Crippen molar-refractivity contribution in [2.45, 2.75) is 26.0 Å². The molecule has 0 aliphatic rings. The van der Waals surface area contributed by atoms with Crippen LogP contribution in [0.2, 0.25) is 0 Å². The number of nitro benzene ring substituents is 1. The van der Waals surface area contributed by atoms with Gasteiger partial charge in [0.05, 0.1) is 23.8 Å². The third-order valence-electron chi connectivity index (χ3n) is 4.36. The molecule has 3 rings (SSSR count). The lowest BCUT2D eigenvalue weighted by Gasteiger charge is -2.22. The van der Waals surface area contributed by atoms with E-state index in [1.54, 1.807) is 6.92 Å². The molecule has 0 fully saturated rings. The maximum absolute atomic E-state index is 12.7. The summed E-state index contributed by atoms with van der Waals surface area (Å²) in [4.78, 5) is 27.2. The lowest BCUT2D eigenvalue weighted by molar-refractivity contribution is -0.384. The van der Waals surface area contributed by atoms with Gasteiger partial charge in [-0.3, -0.25) is 14.9 Å². The Morgan fingerprint density at radius 3 is 2.61 bits per heavy atom. The first-order valence-corrected chi connectivity index (χ1v) is 8.48. The fourth-order valence-corrected chi connectivity index (χ4v) is 2.93. The van der Waals surface area contributed by atoms with Gasteiger partial charge in [0.2, 0.25) is 0 Å². The summed E-state index contributed by atoms with van der Waals surface area (Å²) in [5, 5.41) is 37.6. The smallest absolute Gasteiger partial charge is 0.269 e. The number of aliphatic hydroxyl groups is 2. The highest BCUT2D eigenvalue weighted by atomic mass is 16.6. The normalized spacial score (nSPS) is 13.3. The number of aromatic nitrogens is 3. The van der Waals surface area contributed by atoms with E-state index in [-0.39, 0.29) is 11.3 Å². The molecule has 0 aliphatic heterocycles. The van der Waals surface area contributed by atoms with Gasteiger partial charge in [0.15, 0.2) is 5.65 Å². The average Bonchev–Trinajstić information content (AvgIpc) is 3.09. The Kier molecular flexibility index (Phi) is 5.34. The molecule has 28 heavy (non-hydrogen) atoms. The summed E-state index contributed by atoms with van der Waals surface area (Å²) in [6.07, 6.45) is 0.115. The molecule has 0 radical (unpaired) electrons. The number of carbonyl (C=O) groups excluding carboxylic acids is 1. The highest BCUT2D eigenvalue weighted by molar-refractivity contribution is 5.99. The van der Waals surface area contributed by atoms with Crippen molar-refractivity contribution in [1.29, 1.82) is 0 Å². The Labute approximate surface area is 159 Å². The van der Waals surface area contributed by atoms with E-state index in [4.69, 9.17) is 0 Å². The van der Waals surface area contributed by atoms with Crippen LogP contribution in [-0.2, 0) is 0 Å². The highest BCUT2D eigenvalue weighted by Gasteiger charge is 2.25. The van der Waals surface area contributed by atoms with Crippen LogP contribution >= 0.6 is 0 Å².